The Bertz CT molecular complexity index is 748. The number of imidazole rings is 1. The number of fused-ring (bicyclic) bond motifs is 1. The summed E-state index contributed by atoms with van der Waals surface area (Å²) in [7, 11) is 0. The molecule has 0 amide bonds. The number of aromatic nitrogens is 4. The molecule has 0 unspecified atom stereocenters. The predicted octanol–water partition coefficient (Wildman–Crippen LogP) is 0.535. The fourth-order valence-electron chi connectivity index (χ4n) is 2.22. The largest absolute Gasteiger partial charge is 0.393 e. The van der Waals surface area contributed by atoms with E-state index in [0.717, 1.165) is 0 Å². The number of nitrogens with zero attached hydrogens (tertiary/aromatic N) is 7. The van der Waals surface area contributed by atoms with Crippen molar-refractivity contribution in [1.29, 1.82) is 0 Å². The Morgan fingerprint density at radius 3 is 3.10 bits per heavy atom. The van der Waals surface area contributed by atoms with Crippen LogP contribution in [0.5, 0.6) is 0 Å². The van der Waals surface area contributed by atoms with Crippen LogP contribution >= 0.6 is 0 Å². The smallest absolute Gasteiger partial charge is 0.167 e. The van der Waals surface area contributed by atoms with Crippen LogP contribution in [0.15, 0.2) is 29.4 Å². The van der Waals surface area contributed by atoms with Crippen LogP contribution in [0, 0.1) is 0 Å². The number of hydrogen-bond donors (Lipinski definition) is 2. The highest BCUT2D eigenvalue weighted by molar-refractivity contribution is 5.81. The molecule has 0 aromatic carbocycles. The topological polar surface area (TPSA) is 148 Å². The number of hydrogen-bond acceptors (Lipinski definition) is 7. The monoisotopic (exact) mass is 288 g/mol. The summed E-state index contributed by atoms with van der Waals surface area (Å²) in [6, 6.07) is 0. The molecular formula is C11H12N8O2. The molecule has 0 fully saturated rings. The third-order valence-corrected chi connectivity index (χ3v) is 3.22. The van der Waals surface area contributed by atoms with Gasteiger partial charge in [0.1, 0.15) is 17.9 Å². The molecule has 3 heterocycles. The van der Waals surface area contributed by atoms with E-state index < -0.39 is 12.3 Å². The average Bonchev–Trinajstić information content (AvgIpc) is 3.09. The molecule has 1 aliphatic rings. The van der Waals surface area contributed by atoms with E-state index in [1.807, 2.05) is 0 Å². The van der Waals surface area contributed by atoms with Crippen LogP contribution in [-0.4, -0.2) is 43.9 Å². The number of azide groups is 1. The molecule has 0 saturated carbocycles. The molecule has 10 nitrogen and oxygen atoms in total. The first-order chi connectivity index (χ1) is 10.2. The third-order valence-electron chi connectivity index (χ3n) is 3.22. The lowest BCUT2D eigenvalue weighted by Gasteiger charge is -2.14. The van der Waals surface area contributed by atoms with E-state index in [1.165, 1.54) is 6.33 Å². The van der Waals surface area contributed by atoms with Gasteiger partial charge in [-0.1, -0.05) is 5.11 Å². The maximum atomic E-state index is 9.34. The molecule has 0 spiro atoms. The SMILES string of the molecule is [N-]=[N+]=NCC1=C[C@H](n2cnc3c(N)ncnc32)O[C@@H]1CO. The maximum Gasteiger partial charge on any atom is 0.167 e. The molecule has 1 aliphatic heterocycles. The molecule has 3 rings (SSSR count). The van der Waals surface area contributed by atoms with Crippen LogP contribution in [0.2, 0.25) is 0 Å². The minimum atomic E-state index is -0.517. The zero-order chi connectivity index (χ0) is 14.8. The predicted molar refractivity (Wildman–Crippen MR) is 72.8 cm³/mol. The van der Waals surface area contributed by atoms with E-state index in [9.17, 15) is 5.11 Å². The van der Waals surface area contributed by atoms with Crippen molar-refractivity contribution < 1.29 is 9.84 Å². The highest BCUT2D eigenvalue weighted by atomic mass is 16.5. The molecular weight excluding hydrogens is 276 g/mol. The molecule has 2 aromatic rings. The van der Waals surface area contributed by atoms with E-state index in [-0.39, 0.29) is 19.0 Å². The summed E-state index contributed by atoms with van der Waals surface area (Å²) >= 11 is 0. The van der Waals surface area contributed by atoms with Crippen molar-refractivity contribution >= 4 is 17.0 Å². The van der Waals surface area contributed by atoms with Gasteiger partial charge in [0, 0.05) is 11.5 Å². The summed E-state index contributed by atoms with van der Waals surface area (Å²) < 4.78 is 7.39. The Labute approximate surface area is 118 Å². The first-order valence-corrected chi connectivity index (χ1v) is 6.15. The van der Waals surface area contributed by atoms with E-state index >= 15 is 0 Å². The molecule has 21 heavy (non-hydrogen) atoms. The van der Waals surface area contributed by atoms with Crippen LogP contribution in [0.3, 0.4) is 0 Å². The van der Waals surface area contributed by atoms with Crippen molar-refractivity contribution in [3.05, 3.63) is 34.7 Å². The fourth-order valence-corrected chi connectivity index (χ4v) is 2.22. The Balaban J connectivity index is 1.98. The molecule has 0 aliphatic carbocycles. The van der Waals surface area contributed by atoms with Gasteiger partial charge in [0.05, 0.1) is 12.9 Å². The molecule has 10 heteroatoms. The zero-order valence-corrected chi connectivity index (χ0v) is 10.9. The van der Waals surface area contributed by atoms with Crippen molar-refractivity contribution in [2.45, 2.75) is 12.3 Å². The van der Waals surface area contributed by atoms with Crippen molar-refractivity contribution in [3.8, 4) is 0 Å². The number of rotatable bonds is 4. The van der Waals surface area contributed by atoms with Gasteiger partial charge < -0.3 is 15.6 Å². The van der Waals surface area contributed by atoms with Gasteiger partial charge in [-0.2, -0.15) is 0 Å². The average molecular weight is 288 g/mol. The number of anilines is 1. The lowest BCUT2D eigenvalue weighted by Crippen LogP contribution is -2.19. The summed E-state index contributed by atoms with van der Waals surface area (Å²) in [5, 5.41) is 12.8. The fraction of sp³-hybridized carbons (Fsp3) is 0.364. The molecule has 2 atom stereocenters. The van der Waals surface area contributed by atoms with E-state index in [0.29, 0.717) is 16.7 Å². The van der Waals surface area contributed by atoms with Crippen molar-refractivity contribution in [1.82, 2.24) is 19.5 Å². The highest BCUT2D eigenvalue weighted by Crippen LogP contribution is 2.29. The lowest BCUT2D eigenvalue weighted by molar-refractivity contribution is -0.0103. The molecule has 0 radical (unpaired) electrons. The number of nitrogen functional groups attached to an aromatic ring is 1. The first kappa shape index (κ1) is 13.3. The Hall–Kier alpha value is -2.68. The molecule has 2 aromatic heterocycles. The normalized spacial score (nSPS) is 21.3. The molecule has 0 bridgehead atoms. The summed E-state index contributed by atoms with van der Waals surface area (Å²) in [5.74, 6) is 0.286. The maximum absolute atomic E-state index is 9.34. The summed E-state index contributed by atoms with van der Waals surface area (Å²) in [4.78, 5) is 14.9. The minimum absolute atomic E-state index is 0.141. The van der Waals surface area contributed by atoms with Gasteiger partial charge in [0.15, 0.2) is 17.7 Å². The van der Waals surface area contributed by atoms with Gasteiger partial charge >= 0.3 is 0 Å². The van der Waals surface area contributed by atoms with Gasteiger partial charge in [-0.25, -0.2) is 15.0 Å². The Morgan fingerprint density at radius 1 is 1.48 bits per heavy atom. The minimum Gasteiger partial charge on any atom is -0.393 e. The second kappa shape index (κ2) is 5.37. The van der Waals surface area contributed by atoms with E-state index in [2.05, 4.69) is 25.0 Å². The van der Waals surface area contributed by atoms with Gasteiger partial charge in [0.25, 0.3) is 0 Å². The van der Waals surface area contributed by atoms with Crippen molar-refractivity contribution in [2.75, 3.05) is 18.9 Å². The number of ether oxygens (including phenoxy) is 1. The van der Waals surface area contributed by atoms with Gasteiger partial charge in [-0.3, -0.25) is 4.57 Å². The zero-order valence-electron chi connectivity index (χ0n) is 10.9. The Kier molecular flexibility index (Phi) is 3.40. The van der Waals surface area contributed by atoms with Crippen LogP contribution in [0.1, 0.15) is 6.23 Å². The van der Waals surface area contributed by atoms with Crippen LogP contribution in [0.4, 0.5) is 5.82 Å². The summed E-state index contributed by atoms with van der Waals surface area (Å²) in [6.45, 7) is -0.0605. The van der Waals surface area contributed by atoms with E-state index in [1.54, 1.807) is 17.0 Å². The Morgan fingerprint density at radius 2 is 2.33 bits per heavy atom. The quantitative estimate of drug-likeness (QED) is 0.363. The van der Waals surface area contributed by atoms with Crippen LogP contribution in [-0.2, 0) is 4.74 Å². The van der Waals surface area contributed by atoms with Crippen LogP contribution < -0.4 is 5.73 Å². The van der Waals surface area contributed by atoms with E-state index in [4.69, 9.17) is 16.0 Å². The van der Waals surface area contributed by atoms with Crippen molar-refractivity contribution in [3.63, 3.8) is 0 Å². The highest BCUT2D eigenvalue weighted by Gasteiger charge is 2.28. The molecule has 108 valence electrons. The summed E-state index contributed by atoms with van der Waals surface area (Å²) in [5.41, 5.74) is 15.9. The van der Waals surface area contributed by atoms with Gasteiger partial charge in [0.2, 0.25) is 0 Å². The number of aliphatic hydroxyl groups excluding tert-OH is 1. The lowest BCUT2D eigenvalue weighted by atomic mass is 10.1. The second-order valence-corrected chi connectivity index (χ2v) is 4.41. The molecule has 0 saturated heterocycles. The van der Waals surface area contributed by atoms with Crippen molar-refractivity contribution in [2.24, 2.45) is 5.11 Å². The number of nitrogens with two attached hydrogens (primary N) is 1. The van der Waals surface area contributed by atoms with Gasteiger partial charge in [-0.05, 0) is 17.2 Å². The number of aliphatic hydroxyl groups is 1. The summed E-state index contributed by atoms with van der Waals surface area (Å²) in [6.07, 6.45) is 3.65. The first-order valence-electron chi connectivity index (χ1n) is 6.15. The van der Waals surface area contributed by atoms with Gasteiger partial charge in [-0.15, -0.1) is 0 Å². The second-order valence-electron chi connectivity index (χ2n) is 4.41. The molecule has 3 N–H and O–H groups in total. The standard InChI is InChI=1S/C11H12N8O2/c12-10-9-11(15-4-14-10)19(5-16-9)8-1-6(2-17-18-13)7(3-20)21-8/h1,4-5,7-8,20H,2-3H2,(H2,12,14,15)/t7-,8-/m1/s1. The van der Waals surface area contributed by atoms with Crippen LogP contribution in [0.25, 0.3) is 21.6 Å². The third kappa shape index (κ3) is 2.27.